The molecule has 0 fully saturated rings. The first-order valence-corrected chi connectivity index (χ1v) is 7.40. The molecule has 0 amide bonds. The maximum absolute atomic E-state index is 11.7. The van der Waals surface area contributed by atoms with E-state index >= 15 is 0 Å². The Morgan fingerprint density at radius 1 is 1.14 bits per heavy atom. The highest BCUT2D eigenvalue weighted by Gasteiger charge is 2.10. The molecule has 0 radical (unpaired) electrons. The number of fused-ring (bicyclic) bond motifs is 1. The van der Waals surface area contributed by atoms with Crippen LogP contribution in [0, 0.1) is 0 Å². The third kappa shape index (κ3) is 3.72. The molecule has 0 atom stereocenters. The Hall–Kier alpha value is -2.10. The molecule has 4 nitrogen and oxygen atoms in total. The van der Waals surface area contributed by atoms with Gasteiger partial charge in [0.25, 0.3) is 0 Å². The Labute approximate surface area is 125 Å². The Morgan fingerprint density at radius 3 is 2.29 bits per heavy atom. The van der Waals surface area contributed by atoms with Crippen LogP contribution in [0.2, 0.25) is 0 Å². The van der Waals surface area contributed by atoms with Gasteiger partial charge >= 0.3 is 5.63 Å². The van der Waals surface area contributed by atoms with Crippen molar-refractivity contribution in [2.45, 2.75) is 34.6 Å². The van der Waals surface area contributed by atoms with Crippen LogP contribution in [-0.4, -0.2) is 18.9 Å². The number of hydrogen-bond donors (Lipinski definition) is 0. The number of carbonyl (C=O) groups excluding carboxylic acids is 1. The summed E-state index contributed by atoms with van der Waals surface area (Å²) in [5, 5.41) is 0.765. The van der Waals surface area contributed by atoms with Gasteiger partial charge in [-0.05, 0) is 39.0 Å². The average molecular weight is 289 g/mol. The standard InChI is InChI=1S/C15H17NO3.C2H6/c1-4-16(5-2)12-7-6-11-8-13(10(3)17)15(18)19-14(11)9-12;1-2/h6-9H,4-5H2,1-3H3;1-2H3. The number of benzene rings is 1. The van der Waals surface area contributed by atoms with Crippen LogP contribution < -0.4 is 10.5 Å². The van der Waals surface area contributed by atoms with Gasteiger partial charge in [-0.1, -0.05) is 13.8 Å². The SMILES string of the molecule is CC.CCN(CC)c1ccc2cc(C(C)=O)c(=O)oc2c1. The van der Waals surface area contributed by atoms with Crippen LogP contribution in [0.3, 0.4) is 0 Å². The third-order valence-electron chi connectivity index (χ3n) is 3.23. The Balaban J connectivity index is 0.00000106. The van der Waals surface area contributed by atoms with Crippen LogP contribution in [-0.2, 0) is 0 Å². The molecule has 2 rings (SSSR count). The van der Waals surface area contributed by atoms with Crippen LogP contribution in [0.15, 0.2) is 33.5 Å². The number of anilines is 1. The highest BCUT2D eigenvalue weighted by Crippen LogP contribution is 2.21. The molecule has 0 aliphatic heterocycles. The molecular weight excluding hydrogens is 266 g/mol. The Bertz CT molecular complexity index is 669. The third-order valence-corrected chi connectivity index (χ3v) is 3.23. The summed E-state index contributed by atoms with van der Waals surface area (Å²) in [4.78, 5) is 25.2. The molecule has 1 heterocycles. The predicted octanol–water partition coefficient (Wildman–Crippen LogP) is 3.87. The number of rotatable bonds is 4. The van der Waals surface area contributed by atoms with E-state index in [4.69, 9.17) is 4.42 Å². The van der Waals surface area contributed by atoms with Crippen LogP contribution in [0.5, 0.6) is 0 Å². The van der Waals surface area contributed by atoms with E-state index in [1.807, 2.05) is 32.0 Å². The van der Waals surface area contributed by atoms with Gasteiger partial charge in [0.1, 0.15) is 11.1 Å². The zero-order chi connectivity index (χ0) is 16.0. The molecule has 4 heteroatoms. The van der Waals surface area contributed by atoms with Gasteiger partial charge in [0.15, 0.2) is 5.78 Å². The van der Waals surface area contributed by atoms with Gasteiger partial charge in [0.05, 0.1) is 0 Å². The van der Waals surface area contributed by atoms with E-state index < -0.39 is 5.63 Å². The van der Waals surface area contributed by atoms with Crippen molar-refractivity contribution < 1.29 is 9.21 Å². The molecule has 0 N–H and O–H groups in total. The second kappa shape index (κ2) is 7.62. The molecule has 0 bridgehead atoms. The van der Waals surface area contributed by atoms with Crippen LogP contribution in [0.4, 0.5) is 5.69 Å². The lowest BCUT2D eigenvalue weighted by atomic mass is 10.1. The average Bonchev–Trinajstić information content (AvgIpc) is 2.49. The number of nitrogens with zero attached hydrogens (tertiary/aromatic N) is 1. The van der Waals surface area contributed by atoms with Gasteiger partial charge in [-0.3, -0.25) is 4.79 Å². The maximum Gasteiger partial charge on any atom is 0.347 e. The zero-order valence-electron chi connectivity index (χ0n) is 13.4. The fourth-order valence-corrected chi connectivity index (χ4v) is 2.13. The van der Waals surface area contributed by atoms with Gasteiger partial charge in [-0.15, -0.1) is 0 Å². The molecule has 0 aliphatic carbocycles. The zero-order valence-corrected chi connectivity index (χ0v) is 13.4. The van der Waals surface area contributed by atoms with Gasteiger partial charge in [0.2, 0.25) is 0 Å². The van der Waals surface area contributed by atoms with Gasteiger partial charge in [-0.2, -0.15) is 0 Å². The molecular formula is C17H23NO3. The van der Waals surface area contributed by atoms with Crippen molar-refractivity contribution in [3.63, 3.8) is 0 Å². The maximum atomic E-state index is 11.7. The molecule has 1 aromatic carbocycles. The van der Waals surface area contributed by atoms with Crippen molar-refractivity contribution in [2.75, 3.05) is 18.0 Å². The van der Waals surface area contributed by atoms with Crippen molar-refractivity contribution >= 4 is 22.4 Å². The number of ketones is 1. The highest BCUT2D eigenvalue weighted by molar-refractivity contribution is 5.96. The Morgan fingerprint density at radius 2 is 1.76 bits per heavy atom. The van der Waals surface area contributed by atoms with E-state index in [1.165, 1.54) is 6.92 Å². The largest absolute Gasteiger partial charge is 0.422 e. The second-order valence-corrected chi connectivity index (χ2v) is 4.40. The second-order valence-electron chi connectivity index (χ2n) is 4.40. The van der Waals surface area contributed by atoms with Crippen LogP contribution >= 0.6 is 0 Å². The quantitative estimate of drug-likeness (QED) is 0.633. The van der Waals surface area contributed by atoms with Gasteiger partial charge in [0, 0.05) is 30.2 Å². The molecule has 0 spiro atoms. The molecule has 1 aromatic heterocycles. The molecule has 114 valence electrons. The normalized spacial score (nSPS) is 9.95. The summed E-state index contributed by atoms with van der Waals surface area (Å²) in [6.45, 7) is 11.3. The number of hydrogen-bond acceptors (Lipinski definition) is 4. The lowest BCUT2D eigenvalue weighted by Crippen LogP contribution is -2.21. The highest BCUT2D eigenvalue weighted by atomic mass is 16.4. The van der Waals surface area contributed by atoms with Crippen molar-refractivity contribution in [2.24, 2.45) is 0 Å². The fraction of sp³-hybridized carbons (Fsp3) is 0.412. The van der Waals surface area contributed by atoms with Crippen LogP contribution in [0.25, 0.3) is 11.0 Å². The molecule has 0 saturated carbocycles. The van der Waals surface area contributed by atoms with Gasteiger partial charge < -0.3 is 9.32 Å². The first kappa shape index (κ1) is 17.0. The summed E-state index contributed by atoms with van der Waals surface area (Å²) in [6, 6.07) is 7.28. The predicted molar refractivity (Wildman–Crippen MR) is 87.4 cm³/mol. The minimum Gasteiger partial charge on any atom is -0.422 e. The first-order valence-electron chi connectivity index (χ1n) is 7.40. The van der Waals surface area contributed by atoms with Crippen molar-refractivity contribution in [1.29, 1.82) is 0 Å². The van der Waals surface area contributed by atoms with Gasteiger partial charge in [-0.25, -0.2) is 4.79 Å². The van der Waals surface area contributed by atoms with Crippen LogP contribution in [0.1, 0.15) is 45.0 Å². The lowest BCUT2D eigenvalue weighted by Gasteiger charge is -2.20. The van der Waals surface area contributed by atoms with Crippen molar-refractivity contribution in [3.05, 3.63) is 40.2 Å². The van der Waals surface area contributed by atoms with E-state index in [2.05, 4.69) is 18.7 Å². The van der Waals surface area contributed by atoms with E-state index in [-0.39, 0.29) is 11.3 Å². The van der Waals surface area contributed by atoms with E-state index in [1.54, 1.807) is 6.07 Å². The Kier molecular flexibility index (Phi) is 6.15. The summed E-state index contributed by atoms with van der Waals surface area (Å²) in [5.74, 6) is -0.275. The van der Waals surface area contributed by atoms with E-state index in [9.17, 15) is 9.59 Å². The van der Waals surface area contributed by atoms with Crippen molar-refractivity contribution in [3.8, 4) is 0 Å². The first-order chi connectivity index (χ1) is 10.1. The minimum atomic E-state index is -0.573. The topological polar surface area (TPSA) is 50.5 Å². The molecule has 0 unspecified atom stereocenters. The summed E-state index contributed by atoms with van der Waals surface area (Å²) < 4.78 is 5.23. The van der Waals surface area contributed by atoms with Crippen molar-refractivity contribution in [1.82, 2.24) is 0 Å². The minimum absolute atomic E-state index is 0.100. The summed E-state index contributed by atoms with van der Waals surface area (Å²) in [7, 11) is 0. The van der Waals surface area contributed by atoms with E-state index in [0.717, 1.165) is 24.2 Å². The molecule has 2 aromatic rings. The summed E-state index contributed by atoms with van der Waals surface area (Å²) in [6.07, 6.45) is 0. The van der Waals surface area contributed by atoms with E-state index in [0.29, 0.717) is 5.58 Å². The molecule has 0 saturated heterocycles. The fourth-order valence-electron chi connectivity index (χ4n) is 2.13. The molecule has 0 aliphatic rings. The summed E-state index contributed by atoms with van der Waals surface area (Å²) in [5.41, 5.74) is 1.05. The number of carbonyl (C=O) groups is 1. The monoisotopic (exact) mass is 289 g/mol. The lowest BCUT2D eigenvalue weighted by molar-refractivity contribution is 0.101. The molecule has 21 heavy (non-hydrogen) atoms. The summed E-state index contributed by atoms with van der Waals surface area (Å²) >= 11 is 0. The smallest absolute Gasteiger partial charge is 0.347 e. The number of Topliss-reactive ketones (excluding diaryl/α,β-unsaturated/α-hetero) is 1.